The SMILES string of the molecule is Cc1cnc(-c2ccc(Cl)cc2Cl)c(I)c1. The van der Waals surface area contributed by atoms with E-state index in [-0.39, 0.29) is 0 Å². The van der Waals surface area contributed by atoms with E-state index in [2.05, 4.69) is 33.6 Å². The van der Waals surface area contributed by atoms with Gasteiger partial charge in [-0.3, -0.25) is 4.98 Å². The third-order valence-electron chi connectivity index (χ3n) is 2.16. The third kappa shape index (κ3) is 2.50. The van der Waals surface area contributed by atoms with Gasteiger partial charge >= 0.3 is 0 Å². The average molecular weight is 364 g/mol. The minimum atomic E-state index is 0.627. The Bertz CT molecular complexity index is 491. The number of aryl methyl sites for hydroxylation is 1. The number of nitrogens with zero attached hydrogens (tertiary/aromatic N) is 1. The van der Waals surface area contributed by atoms with Crippen LogP contribution in [-0.4, -0.2) is 4.98 Å². The Balaban J connectivity index is 2.59. The lowest BCUT2D eigenvalue weighted by Gasteiger charge is -2.07. The average Bonchev–Trinajstić information content (AvgIpc) is 2.19. The van der Waals surface area contributed by atoms with Crippen molar-refractivity contribution < 1.29 is 0 Å². The van der Waals surface area contributed by atoms with Crippen molar-refractivity contribution in [1.82, 2.24) is 4.98 Å². The van der Waals surface area contributed by atoms with Crippen LogP contribution in [0, 0.1) is 10.5 Å². The summed E-state index contributed by atoms with van der Waals surface area (Å²) in [4.78, 5) is 4.40. The number of rotatable bonds is 1. The van der Waals surface area contributed by atoms with Crippen LogP contribution in [0.3, 0.4) is 0 Å². The summed E-state index contributed by atoms with van der Waals surface area (Å²) < 4.78 is 1.09. The van der Waals surface area contributed by atoms with Crippen molar-refractivity contribution in [3.8, 4) is 11.3 Å². The summed E-state index contributed by atoms with van der Waals surface area (Å²) in [5, 5.41) is 1.26. The summed E-state index contributed by atoms with van der Waals surface area (Å²) in [5.74, 6) is 0. The van der Waals surface area contributed by atoms with E-state index in [1.54, 1.807) is 6.07 Å². The molecule has 0 amide bonds. The fraction of sp³-hybridized carbons (Fsp3) is 0.0833. The molecule has 0 fully saturated rings. The van der Waals surface area contributed by atoms with E-state index in [1.807, 2.05) is 25.3 Å². The Morgan fingerprint density at radius 1 is 1.19 bits per heavy atom. The maximum Gasteiger partial charge on any atom is 0.0850 e. The molecule has 0 atom stereocenters. The van der Waals surface area contributed by atoms with Gasteiger partial charge < -0.3 is 0 Å². The van der Waals surface area contributed by atoms with Gasteiger partial charge in [-0.2, -0.15) is 0 Å². The molecule has 4 heteroatoms. The topological polar surface area (TPSA) is 12.9 Å². The van der Waals surface area contributed by atoms with Gasteiger partial charge in [0, 0.05) is 20.4 Å². The van der Waals surface area contributed by atoms with Gasteiger partial charge in [-0.05, 0) is 59.3 Å². The Hall–Kier alpha value is -0.320. The molecule has 1 aromatic heterocycles. The van der Waals surface area contributed by atoms with Crippen LogP contribution in [0.15, 0.2) is 30.5 Å². The smallest absolute Gasteiger partial charge is 0.0850 e. The molecule has 0 N–H and O–H groups in total. The van der Waals surface area contributed by atoms with Gasteiger partial charge in [0.25, 0.3) is 0 Å². The van der Waals surface area contributed by atoms with Gasteiger partial charge in [0.1, 0.15) is 0 Å². The van der Waals surface area contributed by atoms with E-state index in [0.717, 1.165) is 20.4 Å². The highest BCUT2D eigenvalue weighted by atomic mass is 127. The van der Waals surface area contributed by atoms with E-state index in [9.17, 15) is 0 Å². The molecule has 0 spiro atoms. The Labute approximate surface area is 118 Å². The van der Waals surface area contributed by atoms with E-state index in [0.29, 0.717) is 10.0 Å². The maximum atomic E-state index is 6.15. The standard InChI is InChI=1S/C12H8Cl2IN/c1-7-4-11(15)12(16-6-7)9-3-2-8(13)5-10(9)14/h2-6H,1H3. The van der Waals surface area contributed by atoms with Crippen LogP contribution < -0.4 is 0 Å². The Morgan fingerprint density at radius 3 is 2.56 bits per heavy atom. The lowest BCUT2D eigenvalue weighted by Crippen LogP contribution is -1.90. The van der Waals surface area contributed by atoms with Crippen molar-refractivity contribution in [2.45, 2.75) is 6.92 Å². The van der Waals surface area contributed by atoms with Crippen LogP contribution in [0.2, 0.25) is 10.0 Å². The molecule has 0 aliphatic rings. The van der Waals surface area contributed by atoms with E-state index in [1.165, 1.54) is 0 Å². The molecule has 0 saturated heterocycles. The highest BCUT2D eigenvalue weighted by Crippen LogP contribution is 2.31. The summed E-state index contributed by atoms with van der Waals surface area (Å²) in [6, 6.07) is 7.52. The number of halogens is 3. The number of pyridine rings is 1. The van der Waals surface area contributed by atoms with Crippen molar-refractivity contribution >= 4 is 45.8 Å². The fourth-order valence-corrected chi connectivity index (χ4v) is 2.83. The molecule has 0 bridgehead atoms. The number of aromatic nitrogens is 1. The zero-order valence-corrected chi connectivity index (χ0v) is 12.1. The lowest BCUT2D eigenvalue weighted by molar-refractivity contribution is 1.25. The van der Waals surface area contributed by atoms with Gasteiger partial charge in [-0.1, -0.05) is 23.2 Å². The fourth-order valence-electron chi connectivity index (χ4n) is 1.41. The molecule has 1 aromatic carbocycles. The third-order valence-corrected chi connectivity index (χ3v) is 3.53. The van der Waals surface area contributed by atoms with E-state index in [4.69, 9.17) is 23.2 Å². The molecule has 1 nitrogen and oxygen atoms in total. The first kappa shape index (κ1) is 12.1. The molecule has 0 unspecified atom stereocenters. The predicted molar refractivity (Wildman–Crippen MR) is 77.1 cm³/mol. The molecule has 0 radical (unpaired) electrons. The normalized spacial score (nSPS) is 10.5. The molecule has 0 aliphatic heterocycles. The van der Waals surface area contributed by atoms with Crippen LogP contribution in [0.5, 0.6) is 0 Å². The Morgan fingerprint density at radius 2 is 1.94 bits per heavy atom. The first-order valence-electron chi connectivity index (χ1n) is 4.65. The van der Waals surface area contributed by atoms with Crippen molar-refractivity contribution in [2.24, 2.45) is 0 Å². The van der Waals surface area contributed by atoms with Crippen molar-refractivity contribution in [3.63, 3.8) is 0 Å². The van der Waals surface area contributed by atoms with Gasteiger partial charge in [0.2, 0.25) is 0 Å². The van der Waals surface area contributed by atoms with Crippen molar-refractivity contribution in [3.05, 3.63) is 49.6 Å². The van der Waals surface area contributed by atoms with Gasteiger partial charge in [-0.25, -0.2) is 0 Å². The van der Waals surface area contributed by atoms with Crippen LogP contribution in [0.25, 0.3) is 11.3 Å². The van der Waals surface area contributed by atoms with Crippen molar-refractivity contribution in [1.29, 1.82) is 0 Å². The van der Waals surface area contributed by atoms with Gasteiger partial charge in [-0.15, -0.1) is 0 Å². The Kier molecular flexibility index (Phi) is 3.72. The zero-order valence-electron chi connectivity index (χ0n) is 8.47. The van der Waals surface area contributed by atoms with E-state index >= 15 is 0 Å². The second kappa shape index (κ2) is 4.90. The summed E-state index contributed by atoms with van der Waals surface area (Å²) in [6.07, 6.45) is 1.84. The van der Waals surface area contributed by atoms with Crippen LogP contribution in [0.1, 0.15) is 5.56 Å². The van der Waals surface area contributed by atoms with E-state index < -0.39 is 0 Å². The molecule has 2 aromatic rings. The van der Waals surface area contributed by atoms with Crippen LogP contribution >= 0.6 is 45.8 Å². The molecule has 82 valence electrons. The monoisotopic (exact) mass is 363 g/mol. The van der Waals surface area contributed by atoms with Crippen molar-refractivity contribution in [2.75, 3.05) is 0 Å². The predicted octanol–water partition coefficient (Wildman–Crippen LogP) is 4.97. The summed E-state index contributed by atoms with van der Waals surface area (Å²) in [5.41, 5.74) is 2.95. The lowest BCUT2D eigenvalue weighted by atomic mass is 10.1. The molecule has 1 heterocycles. The van der Waals surface area contributed by atoms with Gasteiger partial charge in [0.15, 0.2) is 0 Å². The molecular weight excluding hydrogens is 356 g/mol. The number of benzene rings is 1. The maximum absolute atomic E-state index is 6.15. The summed E-state index contributed by atoms with van der Waals surface area (Å²) >= 11 is 14.3. The molecule has 2 rings (SSSR count). The number of hydrogen-bond donors (Lipinski definition) is 0. The quantitative estimate of drug-likeness (QED) is 0.652. The first-order valence-corrected chi connectivity index (χ1v) is 6.49. The van der Waals surface area contributed by atoms with Gasteiger partial charge in [0.05, 0.1) is 10.7 Å². The minimum Gasteiger partial charge on any atom is -0.255 e. The minimum absolute atomic E-state index is 0.627. The highest BCUT2D eigenvalue weighted by Gasteiger charge is 2.09. The van der Waals surface area contributed by atoms with Crippen LogP contribution in [0.4, 0.5) is 0 Å². The first-order chi connectivity index (χ1) is 7.58. The number of hydrogen-bond acceptors (Lipinski definition) is 1. The molecule has 0 saturated carbocycles. The molecular formula is C12H8Cl2IN. The summed E-state index contributed by atoms with van der Waals surface area (Å²) in [7, 11) is 0. The second-order valence-corrected chi connectivity index (χ2v) is 5.47. The molecule has 16 heavy (non-hydrogen) atoms. The highest BCUT2D eigenvalue weighted by molar-refractivity contribution is 14.1. The zero-order chi connectivity index (χ0) is 11.7. The van der Waals surface area contributed by atoms with Crippen LogP contribution in [-0.2, 0) is 0 Å². The largest absolute Gasteiger partial charge is 0.255 e. The second-order valence-electron chi connectivity index (χ2n) is 3.47. The molecule has 0 aliphatic carbocycles. The summed E-state index contributed by atoms with van der Waals surface area (Å²) in [6.45, 7) is 2.02.